The van der Waals surface area contributed by atoms with Crippen molar-refractivity contribution in [2.24, 2.45) is 5.92 Å². The fourth-order valence-corrected chi connectivity index (χ4v) is 3.54. The zero-order chi connectivity index (χ0) is 16.4. The van der Waals surface area contributed by atoms with Crippen molar-refractivity contribution in [3.63, 3.8) is 0 Å². The Labute approximate surface area is 133 Å². The Morgan fingerprint density at radius 1 is 1.17 bits per heavy atom. The Hall–Kier alpha value is -1.34. The number of anilines is 1. The molecule has 128 valence electrons. The smallest absolute Gasteiger partial charge is 0.393 e. The molecule has 3 rings (SSSR count). The van der Waals surface area contributed by atoms with E-state index in [9.17, 15) is 18.3 Å². The minimum atomic E-state index is -4.42. The summed E-state index contributed by atoms with van der Waals surface area (Å²) in [4.78, 5) is 7.66. The number of aromatic nitrogens is 1. The van der Waals surface area contributed by atoms with Gasteiger partial charge in [-0.25, -0.2) is 4.98 Å². The number of hydrogen-bond acceptors (Lipinski definition) is 4. The predicted molar refractivity (Wildman–Crippen MR) is 81.2 cm³/mol. The summed E-state index contributed by atoms with van der Waals surface area (Å²) in [6.07, 6.45) is -0.952. The van der Waals surface area contributed by atoms with Gasteiger partial charge >= 0.3 is 6.18 Å². The fourth-order valence-electron chi connectivity index (χ4n) is 3.54. The van der Waals surface area contributed by atoms with E-state index in [4.69, 9.17) is 0 Å². The third-order valence-corrected chi connectivity index (χ3v) is 4.75. The van der Waals surface area contributed by atoms with Gasteiger partial charge in [0.25, 0.3) is 0 Å². The lowest BCUT2D eigenvalue weighted by atomic mass is 10.0. The maximum Gasteiger partial charge on any atom is 0.435 e. The number of rotatable bonds is 3. The quantitative estimate of drug-likeness (QED) is 0.924. The maximum absolute atomic E-state index is 13.1. The van der Waals surface area contributed by atoms with Crippen molar-refractivity contribution in [3.8, 4) is 0 Å². The summed E-state index contributed by atoms with van der Waals surface area (Å²) in [5.74, 6) is 0.367. The molecule has 0 radical (unpaired) electrons. The summed E-state index contributed by atoms with van der Waals surface area (Å²) in [6.45, 7) is 3.91. The SMILES string of the molecule is OC1CCN(CC2CCN(c3cccnc3C(F)(F)F)C2)CC1. The van der Waals surface area contributed by atoms with Crippen molar-refractivity contribution < 1.29 is 18.3 Å². The number of piperidine rings is 1. The van der Waals surface area contributed by atoms with Crippen molar-refractivity contribution in [1.82, 2.24) is 9.88 Å². The molecule has 0 aromatic carbocycles. The van der Waals surface area contributed by atoms with Crippen LogP contribution in [-0.4, -0.2) is 53.8 Å². The second-order valence-electron chi connectivity index (χ2n) is 6.50. The van der Waals surface area contributed by atoms with E-state index in [0.717, 1.165) is 38.9 Å². The van der Waals surface area contributed by atoms with Crippen LogP contribution < -0.4 is 4.90 Å². The number of alkyl halides is 3. The molecule has 2 saturated heterocycles. The number of likely N-dealkylation sites (tertiary alicyclic amines) is 1. The average Bonchev–Trinajstić information content (AvgIpc) is 2.97. The normalized spacial score (nSPS) is 24.3. The van der Waals surface area contributed by atoms with Gasteiger partial charge in [-0.1, -0.05) is 0 Å². The number of hydrogen-bond donors (Lipinski definition) is 1. The van der Waals surface area contributed by atoms with Crippen LogP contribution in [0.4, 0.5) is 18.9 Å². The molecule has 0 aliphatic carbocycles. The molecule has 1 unspecified atom stereocenters. The van der Waals surface area contributed by atoms with E-state index in [-0.39, 0.29) is 11.8 Å². The van der Waals surface area contributed by atoms with Crippen LogP contribution in [0.5, 0.6) is 0 Å². The van der Waals surface area contributed by atoms with Gasteiger partial charge in [-0.3, -0.25) is 0 Å². The Morgan fingerprint density at radius 2 is 1.91 bits per heavy atom. The van der Waals surface area contributed by atoms with Crippen LogP contribution in [-0.2, 0) is 6.18 Å². The van der Waals surface area contributed by atoms with Crippen molar-refractivity contribution in [2.45, 2.75) is 31.5 Å². The van der Waals surface area contributed by atoms with Crippen LogP contribution in [0.1, 0.15) is 25.0 Å². The first-order valence-corrected chi connectivity index (χ1v) is 8.11. The van der Waals surface area contributed by atoms with Gasteiger partial charge in [0.15, 0.2) is 5.69 Å². The first-order chi connectivity index (χ1) is 10.9. The van der Waals surface area contributed by atoms with Crippen LogP contribution in [0.25, 0.3) is 0 Å². The molecule has 0 amide bonds. The van der Waals surface area contributed by atoms with E-state index < -0.39 is 11.9 Å². The molecule has 1 aromatic rings. The molecule has 2 fully saturated rings. The van der Waals surface area contributed by atoms with E-state index in [1.807, 2.05) is 0 Å². The molecule has 4 nitrogen and oxygen atoms in total. The lowest BCUT2D eigenvalue weighted by molar-refractivity contribution is -0.140. The van der Waals surface area contributed by atoms with E-state index in [1.54, 1.807) is 11.0 Å². The molecule has 3 heterocycles. The van der Waals surface area contributed by atoms with E-state index >= 15 is 0 Å². The molecule has 2 aliphatic rings. The topological polar surface area (TPSA) is 39.6 Å². The van der Waals surface area contributed by atoms with Crippen LogP contribution in [0.2, 0.25) is 0 Å². The van der Waals surface area contributed by atoms with Crippen molar-refractivity contribution in [2.75, 3.05) is 37.6 Å². The Kier molecular flexibility index (Phi) is 4.77. The predicted octanol–water partition coefficient (Wildman–Crippen LogP) is 2.38. The minimum absolute atomic E-state index is 0.191. The standard InChI is InChI=1S/C16H22F3N3O/c17-16(18,19)15-14(2-1-6-20-15)22-9-3-12(11-22)10-21-7-4-13(23)5-8-21/h1-2,6,12-13,23H,3-5,7-11H2. The van der Waals surface area contributed by atoms with Gasteiger partial charge in [0.2, 0.25) is 0 Å². The first-order valence-electron chi connectivity index (χ1n) is 8.11. The fraction of sp³-hybridized carbons (Fsp3) is 0.688. The number of halogens is 3. The molecule has 7 heteroatoms. The monoisotopic (exact) mass is 329 g/mol. The van der Waals surface area contributed by atoms with Crippen molar-refractivity contribution >= 4 is 5.69 Å². The van der Waals surface area contributed by atoms with Crippen LogP contribution >= 0.6 is 0 Å². The van der Waals surface area contributed by atoms with Gasteiger partial charge in [0, 0.05) is 38.9 Å². The summed E-state index contributed by atoms with van der Waals surface area (Å²) in [6, 6.07) is 3.07. The van der Waals surface area contributed by atoms with Gasteiger partial charge < -0.3 is 14.9 Å². The Morgan fingerprint density at radius 3 is 2.61 bits per heavy atom. The molecule has 0 spiro atoms. The second kappa shape index (κ2) is 6.65. The number of nitrogens with zero attached hydrogens (tertiary/aromatic N) is 3. The highest BCUT2D eigenvalue weighted by molar-refractivity contribution is 5.52. The van der Waals surface area contributed by atoms with Gasteiger partial charge in [0.05, 0.1) is 11.8 Å². The van der Waals surface area contributed by atoms with Crippen LogP contribution in [0, 0.1) is 5.92 Å². The van der Waals surface area contributed by atoms with Crippen LogP contribution in [0.3, 0.4) is 0 Å². The number of aliphatic hydroxyl groups excluding tert-OH is 1. The molecule has 2 aliphatic heterocycles. The van der Waals surface area contributed by atoms with Gasteiger partial charge in [-0.15, -0.1) is 0 Å². The molecular weight excluding hydrogens is 307 g/mol. The maximum atomic E-state index is 13.1. The van der Waals surface area contributed by atoms with E-state index in [0.29, 0.717) is 19.0 Å². The Balaban J connectivity index is 1.62. The van der Waals surface area contributed by atoms with E-state index in [1.165, 1.54) is 12.3 Å². The van der Waals surface area contributed by atoms with Gasteiger partial charge in [0.1, 0.15) is 0 Å². The van der Waals surface area contributed by atoms with Gasteiger partial charge in [-0.2, -0.15) is 13.2 Å². The molecule has 0 saturated carbocycles. The summed E-state index contributed by atoms with van der Waals surface area (Å²) in [5, 5.41) is 9.54. The third-order valence-electron chi connectivity index (χ3n) is 4.75. The molecule has 1 aromatic heterocycles. The first kappa shape index (κ1) is 16.5. The number of pyridine rings is 1. The zero-order valence-electron chi connectivity index (χ0n) is 13.0. The lowest BCUT2D eigenvalue weighted by Crippen LogP contribution is -2.39. The molecule has 23 heavy (non-hydrogen) atoms. The largest absolute Gasteiger partial charge is 0.435 e. The highest BCUT2D eigenvalue weighted by Crippen LogP contribution is 2.36. The highest BCUT2D eigenvalue weighted by atomic mass is 19.4. The second-order valence-corrected chi connectivity index (χ2v) is 6.50. The van der Waals surface area contributed by atoms with Crippen molar-refractivity contribution in [1.29, 1.82) is 0 Å². The summed E-state index contributed by atoms with van der Waals surface area (Å²) < 4.78 is 39.3. The summed E-state index contributed by atoms with van der Waals surface area (Å²) >= 11 is 0. The summed E-state index contributed by atoms with van der Waals surface area (Å²) in [7, 11) is 0. The zero-order valence-corrected chi connectivity index (χ0v) is 13.0. The molecule has 1 atom stereocenters. The highest BCUT2D eigenvalue weighted by Gasteiger charge is 2.38. The lowest BCUT2D eigenvalue weighted by Gasteiger charge is -2.31. The molecular formula is C16H22F3N3O. The van der Waals surface area contributed by atoms with Crippen LogP contribution in [0.15, 0.2) is 18.3 Å². The molecule has 0 bridgehead atoms. The minimum Gasteiger partial charge on any atom is -0.393 e. The molecule has 1 N–H and O–H groups in total. The Bertz CT molecular complexity index is 530. The van der Waals surface area contributed by atoms with E-state index in [2.05, 4.69) is 9.88 Å². The van der Waals surface area contributed by atoms with Gasteiger partial charge in [-0.05, 0) is 37.3 Å². The summed E-state index contributed by atoms with van der Waals surface area (Å²) in [5.41, 5.74) is -0.599. The average molecular weight is 329 g/mol. The number of aliphatic hydroxyl groups is 1. The van der Waals surface area contributed by atoms with Crippen molar-refractivity contribution in [3.05, 3.63) is 24.0 Å². The third kappa shape index (κ3) is 3.95.